The van der Waals surface area contributed by atoms with Gasteiger partial charge in [0.1, 0.15) is 17.9 Å². The summed E-state index contributed by atoms with van der Waals surface area (Å²) in [7, 11) is 0. The average Bonchev–Trinajstić information content (AvgIpc) is 2.35. The SMILES string of the molecule is O=CC(c1ccncc1)c1c(F)cccc1F. The monoisotopic (exact) mass is 233 g/mol. The fourth-order valence-corrected chi connectivity index (χ4v) is 1.69. The number of halogens is 2. The lowest BCUT2D eigenvalue weighted by Gasteiger charge is -2.12. The summed E-state index contributed by atoms with van der Waals surface area (Å²) >= 11 is 0. The van der Waals surface area contributed by atoms with E-state index in [4.69, 9.17) is 0 Å². The zero-order valence-corrected chi connectivity index (χ0v) is 8.81. The minimum atomic E-state index is -0.945. The zero-order chi connectivity index (χ0) is 12.3. The van der Waals surface area contributed by atoms with Crippen LogP contribution in [0.15, 0.2) is 42.7 Å². The molecule has 1 atom stereocenters. The number of rotatable bonds is 3. The Kier molecular flexibility index (Phi) is 3.23. The molecule has 0 saturated carbocycles. The quantitative estimate of drug-likeness (QED) is 0.763. The van der Waals surface area contributed by atoms with E-state index in [0.717, 1.165) is 12.1 Å². The van der Waals surface area contributed by atoms with E-state index in [-0.39, 0.29) is 5.56 Å². The summed E-state index contributed by atoms with van der Waals surface area (Å²) < 4.78 is 27.1. The lowest BCUT2D eigenvalue weighted by Crippen LogP contribution is -2.07. The number of aldehydes is 1. The van der Waals surface area contributed by atoms with Crippen molar-refractivity contribution in [2.45, 2.75) is 5.92 Å². The maximum absolute atomic E-state index is 13.6. The van der Waals surface area contributed by atoms with Crippen molar-refractivity contribution in [2.24, 2.45) is 0 Å². The van der Waals surface area contributed by atoms with E-state index >= 15 is 0 Å². The summed E-state index contributed by atoms with van der Waals surface area (Å²) in [6.45, 7) is 0. The van der Waals surface area contributed by atoms with Crippen molar-refractivity contribution < 1.29 is 13.6 Å². The first-order valence-electron chi connectivity index (χ1n) is 5.03. The second kappa shape index (κ2) is 4.82. The van der Waals surface area contributed by atoms with Crippen molar-refractivity contribution in [1.82, 2.24) is 4.98 Å². The molecule has 0 N–H and O–H groups in total. The first-order valence-corrected chi connectivity index (χ1v) is 5.03. The van der Waals surface area contributed by atoms with Crippen LogP contribution < -0.4 is 0 Å². The molecule has 0 aliphatic carbocycles. The van der Waals surface area contributed by atoms with Gasteiger partial charge in [-0.05, 0) is 29.8 Å². The van der Waals surface area contributed by atoms with Gasteiger partial charge in [-0.1, -0.05) is 6.07 Å². The van der Waals surface area contributed by atoms with Crippen molar-refractivity contribution in [2.75, 3.05) is 0 Å². The maximum Gasteiger partial charge on any atom is 0.132 e. The molecular formula is C13H9F2NO. The molecule has 0 bridgehead atoms. The number of aromatic nitrogens is 1. The van der Waals surface area contributed by atoms with Crippen LogP contribution in [0.2, 0.25) is 0 Å². The molecule has 0 amide bonds. The smallest absolute Gasteiger partial charge is 0.132 e. The second-order valence-corrected chi connectivity index (χ2v) is 3.53. The van der Waals surface area contributed by atoms with E-state index < -0.39 is 17.6 Å². The number of carbonyl (C=O) groups is 1. The number of benzene rings is 1. The number of carbonyl (C=O) groups excluding carboxylic acids is 1. The van der Waals surface area contributed by atoms with Crippen LogP contribution in [-0.4, -0.2) is 11.3 Å². The van der Waals surface area contributed by atoms with Crippen LogP contribution in [-0.2, 0) is 4.79 Å². The first kappa shape index (κ1) is 11.4. The predicted octanol–water partition coefficient (Wildman–Crippen LogP) is 2.69. The molecule has 0 spiro atoms. The number of hydrogen-bond donors (Lipinski definition) is 0. The van der Waals surface area contributed by atoms with Gasteiger partial charge in [0, 0.05) is 18.0 Å². The third-order valence-corrected chi connectivity index (χ3v) is 2.51. The third kappa shape index (κ3) is 2.20. The summed E-state index contributed by atoms with van der Waals surface area (Å²) in [4.78, 5) is 14.9. The highest BCUT2D eigenvalue weighted by Gasteiger charge is 2.21. The van der Waals surface area contributed by atoms with E-state index in [1.54, 1.807) is 12.1 Å². The maximum atomic E-state index is 13.6. The van der Waals surface area contributed by atoms with Gasteiger partial charge in [0.05, 0.1) is 5.92 Å². The lowest BCUT2D eigenvalue weighted by atomic mass is 9.92. The zero-order valence-electron chi connectivity index (χ0n) is 8.81. The van der Waals surface area contributed by atoms with E-state index in [1.165, 1.54) is 18.5 Å². The van der Waals surface area contributed by atoms with Gasteiger partial charge >= 0.3 is 0 Å². The molecular weight excluding hydrogens is 224 g/mol. The molecule has 4 heteroatoms. The Morgan fingerprint density at radius 1 is 1.06 bits per heavy atom. The molecule has 2 nitrogen and oxygen atoms in total. The lowest BCUT2D eigenvalue weighted by molar-refractivity contribution is -0.108. The Morgan fingerprint density at radius 2 is 1.65 bits per heavy atom. The van der Waals surface area contributed by atoms with Gasteiger partial charge in [0.25, 0.3) is 0 Å². The number of pyridine rings is 1. The van der Waals surface area contributed by atoms with Crippen molar-refractivity contribution in [1.29, 1.82) is 0 Å². The van der Waals surface area contributed by atoms with Crippen molar-refractivity contribution in [3.05, 3.63) is 65.5 Å². The summed E-state index contributed by atoms with van der Waals surface area (Å²) in [5.41, 5.74) is 0.285. The average molecular weight is 233 g/mol. The molecule has 2 aromatic rings. The standard InChI is InChI=1S/C13H9F2NO/c14-11-2-1-3-12(15)13(11)10(8-17)9-4-6-16-7-5-9/h1-8,10H. The molecule has 0 radical (unpaired) electrons. The normalized spacial score (nSPS) is 12.1. The summed E-state index contributed by atoms with van der Waals surface area (Å²) in [6.07, 6.45) is 3.48. The molecule has 1 aromatic heterocycles. The van der Waals surface area contributed by atoms with Crippen LogP contribution in [0.3, 0.4) is 0 Å². The highest BCUT2D eigenvalue weighted by Crippen LogP contribution is 2.26. The van der Waals surface area contributed by atoms with E-state index in [9.17, 15) is 13.6 Å². The van der Waals surface area contributed by atoms with Crippen molar-refractivity contribution >= 4 is 6.29 Å². The van der Waals surface area contributed by atoms with Gasteiger partial charge in [-0.15, -0.1) is 0 Å². The minimum Gasteiger partial charge on any atom is -0.302 e. The summed E-state index contributed by atoms with van der Waals surface area (Å²) in [5.74, 6) is -2.39. The molecule has 0 aliphatic heterocycles. The fourth-order valence-electron chi connectivity index (χ4n) is 1.69. The van der Waals surface area contributed by atoms with Gasteiger partial charge in [0.15, 0.2) is 0 Å². The van der Waals surface area contributed by atoms with Crippen molar-refractivity contribution in [3.8, 4) is 0 Å². The van der Waals surface area contributed by atoms with Gasteiger partial charge in [-0.3, -0.25) is 4.98 Å². The number of hydrogen-bond acceptors (Lipinski definition) is 2. The minimum absolute atomic E-state index is 0.228. The molecule has 1 unspecified atom stereocenters. The van der Waals surface area contributed by atoms with Crippen LogP contribution in [0.25, 0.3) is 0 Å². The highest BCUT2D eigenvalue weighted by atomic mass is 19.1. The third-order valence-electron chi connectivity index (χ3n) is 2.51. The first-order chi connectivity index (χ1) is 8.24. The van der Waals surface area contributed by atoms with E-state index in [1.807, 2.05) is 0 Å². The Balaban J connectivity index is 2.54. The molecule has 1 aromatic carbocycles. The molecule has 0 saturated heterocycles. The molecule has 0 fully saturated rings. The van der Waals surface area contributed by atoms with Gasteiger partial charge < -0.3 is 4.79 Å². The molecule has 1 heterocycles. The van der Waals surface area contributed by atoms with Crippen molar-refractivity contribution in [3.63, 3.8) is 0 Å². The van der Waals surface area contributed by atoms with Crippen LogP contribution in [0.1, 0.15) is 17.0 Å². The molecule has 17 heavy (non-hydrogen) atoms. The van der Waals surface area contributed by atoms with Crippen LogP contribution >= 0.6 is 0 Å². The van der Waals surface area contributed by atoms with Gasteiger partial charge in [0.2, 0.25) is 0 Å². The summed E-state index contributed by atoms with van der Waals surface area (Å²) in [5, 5.41) is 0. The number of nitrogens with zero attached hydrogens (tertiary/aromatic N) is 1. The Labute approximate surface area is 96.9 Å². The van der Waals surface area contributed by atoms with Gasteiger partial charge in [-0.2, -0.15) is 0 Å². The molecule has 86 valence electrons. The summed E-state index contributed by atoms with van der Waals surface area (Å²) in [6, 6.07) is 6.66. The Hall–Kier alpha value is -2.10. The topological polar surface area (TPSA) is 30.0 Å². The van der Waals surface area contributed by atoms with E-state index in [2.05, 4.69) is 4.98 Å². The Morgan fingerprint density at radius 3 is 2.18 bits per heavy atom. The molecule has 2 rings (SSSR count). The largest absolute Gasteiger partial charge is 0.302 e. The van der Waals surface area contributed by atoms with Crippen LogP contribution in [0.5, 0.6) is 0 Å². The second-order valence-electron chi connectivity index (χ2n) is 3.53. The van der Waals surface area contributed by atoms with Gasteiger partial charge in [-0.25, -0.2) is 8.78 Å². The highest BCUT2D eigenvalue weighted by molar-refractivity contribution is 5.68. The van der Waals surface area contributed by atoms with E-state index in [0.29, 0.717) is 11.8 Å². The fraction of sp³-hybridized carbons (Fsp3) is 0.0769. The Bertz CT molecular complexity index is 508. The van der Waals surface area contributed by atoms with Crippen LogP contribution in [0, 0.1) is 11.6 Å². The van der Waals surface area contributed by atoms with Crippen LogP contribution in [0.4, 0.5) is 8.78 Å². The predicted molar refractivity (Wildman–Crippen MR) is 58.5 cm³/mol. The molecule has 0 aliphatic rings.